The molecular weight excluding hydrogens is 237 g/mol. The Morgan fingerprint density at radius 1 is 1.21 bits per heavy atom. The Hall–Kier alpha value is -0.890. The summed E-state index contributed by atoms with van der Waals surface area (Å²) in [6.45, 7) is 2.28. The first-order valence-electron chi connectivity index (χ1n) is 7.68. The fourth-order valence-electron chi connectivity index (χ4n) is 4.40. The molecule has 0 aromatic heterocycles. The predicted molar refractivity (Wildman–Crippen MR) is 76.7 cm³/mol. The summed E-state index contributed by atoms with van der Waals surface area (Å²) in [7, 11) is 2.30. The van der Waals surface area contributed by atoms with Crippen molar-refractivity contribution in [1.29, 1.82) is 0 Å². The fraction of sp³-hybridized carbons (Fsp3) is 0.647. The van der Waals surface area contributed by atoms with E-state index in [1.54, 1.807) is 12.1 Å². The third-order valence-electron chi connectivity index (χ3n) is 5.35. The lowest BCUT2D eigenvalue weighted by atomic mass is 9.74. The van der Waals surface area contributed by atoms with Crippen LogP contribution in [-0.4, -0.2) is 24.0 Å². The normalized spacial score (nSPS) is 34.7. The van der Waals surface area contributed by atoms with E-state index in [0.717, 1.165) is 18.0 Å². The lowest BCUT2D eigenvalue weighted by molar-refractivity contribution is 0.0940. The Labute approximate surface area is 115 Å². The van der Waals surface area contributed by atoms with Gasteiger partial charge in [-0.25, -0.2) is 4.39 Å². The number of hydrogen-bond acceptors (Lipinski definition) is 1. The van der Waals surface area contributed by atoms with Gasteiger partial charge in [0.25, 0.3) is 0 Å². The zero-order chi connectivity index (χ0) is 13.4. The lowest BCUT2D eigenvalue weighted by Crippen LogP contribution is -2.45. The summed E-state index contributed by atoms with van der Waals surface area (Å²) >= 11 is 0. The van der Waals surface area contributed by atoms with Gasteiger partial charge in [0.2, 0.25) is 0 Å². The number of fused-ring (bicyclic) bond motifs is 2. The first-order chi connectivity index (χ1) is 9.20. The van der Waals surface area contributed by atoms with Crippen molar-refractivity contribution in [2.45, 2.75) is 57.0 Å². The molecule has 0 unspecified atom stereocenters. The van der Waals surface area contributed by atoms with Crippen LogP contribution in [0.25, 0.3) is 0 Å². The number of rotatable bonds is 3. The fourth-order valence-corrected chi connectivity index (χ4v) is 4.40. The molecule has 3 rings (SSSR count). The zero-order valence-electron chi connectivity index (χ0n) is 12.0. The Bertz CT molecular complexity index is 427. The second-order valence-electron chi connectivity index (χ2n) is 6.31. The van der Waals surface area contributed by atoms with Crippen LogP contribution >= 0.6 is 0 Å². The van der Waals surface area contributed by atoms with Gasteiger partial charge in [0.05, 0.1) is 0 Å². The third kappa shape index (κ3) is 2.31. The van der Waals surface area contributed by atoms with Gasteiger partial charge in [-0.1, -0.05) is 25.5 Å². The van der Waals surface area contributed by atoms with Crippen LogP contribution in [0.2, 0.25) is 0 Å². The van der Waals surface area contributed by atoms with Crippen LogP contribution in [0.4, 0.5) is 4.39 Å². The van der Waals surface area contributed by atoms with Gasteiger partial charge in [-0.2, -0.15) is 0 Å². The van der Waals surface area contributed by atoms with Crippen LogP contribution in [0.15, 0.2) is 24.3 Å². The average Bonchev–Trinajstić information content (AvgIpc) is 2.65. The van der Waals surface area contributed by atoms with Crippen molar-refractivity contribution in [2.24, 2.45) is 5.92 Å². The van der Waals surface area contributed by atoms with E-state index < -0.39 is 0 Å². The molecule has 2 heterocycles. The Balaban J connectivity index is 1.88. The number of hydrogen-bond donors (Lipinski definition) is 0. The molecule has 0 aliphatic carbocycles. The van der Waals surface area contributed by atoms with Crippen molar-refractivity contribution >= 4 is 0 Å². The van der Waals surface area contributed by atoms with Crippen molar-refractivity contribution in [3.63, 3.8) is 0 Å². The molecular formula is C17H24FN. The average molecular weight is 261 g/mol. The minimum Gasteiger partial charge on any atom is -0.300 e. The number of benzene rings is 1. The van der Waals surface area contributed by atoms with Gasteiger partial charge in [0, 0.05) is 12.1 Å². The van der Waals surface area contributed by atoms with Crippen LogP contribution in [0.5, 0.6) is 0 Å². The zero-order valence-corrected chi connectivity index (χ0v) is 12.0. The molecule has 2 aliphatic rings. The van der Waals surface area contributed by atoms with Gasteiger partial charge in [0.15, 0.2) is 0 Å². The molecule has 2 heteroatoms. The van der Waals surface area contributed by atoms with Gasteiger partial charge < -0.3 is 4.90 Å². The van der Waals surface area contributed by atoms with E-state index in [9.17, 15) is 4.39 Å². The molecule has 2 saturated heterocycles. The number of halogens is 1. The highest BCUT2D eigenvalue weighted by molar-refractivity contribution is 5.24. The maximum Gasteiger partial charge on any atom is 0.123 e. The smallest absolute Gasteiger partial charge is 0.123 e. The summed E-state index contributed by atoms with van der Waals surface area (Å²) in [4.78, 5) is 2.61. The highest BCUT2D eigenvalue weighted by atomic mass is 19.1. The standard InChI is InChI=1S/C17H24FN/c1-3-4-15-16(12-5-7-13(18)8-6-12)11-14-9-10-17(15)19(14)2/h5-8,14-17H,3-4,9-11H2,1-2H3/t14-,15-,16+,17+/m0/s1. The Morgan fingerprint density at radius 3 is 2.63 bits per heavy atom. The van der Waals surface area contributed by atoms with Gasteiger partial charge in [-0.15, -0.1) is 0 Å². The van der Waals surface area contributed by atoms with Crippen LogP contribution < -0.4 is 0 Å². The summed E-state index contributed by atoms with van der Waals surface area (Å²) in [5, 5.41) is 0. The van der Waals surface area contributed by atoms with Crippen molar-refractivity contribution in [2.75, 3.05) is 7.05 Å². The van der Waals surface area contributed by atoms with E-state index in [1.807, 2.05) is 12.1 Å². The first-order valence-corrected chi connectivity index (χ1v) is 7.68. The second-order valence-corrected chi connectivity index (χ2v) is 6.31. The van der Waals surface area contributed by atoms with Crippen molar-refractivity contribution in [3.05, 3.63) is 35.6 Å². The molecule has 1 nitrogen and oxygen atoms in total. The van der Waals surface area contributed by atoms with Crippen molar-refractivity contribution in [1.82, 2.24) is 4.90 Å². The van der Waals surface area contributed by atoms with E-state index in [0.29, 0.717) is 5.92 Å². The van der Waals surface area contributed by atoms with E-state index in [4.69, 9.17) is 0 Å². The topological polar surface area (TPSA) is 3.24 Å². The molecule has 4 atom stereocenters. The van der Waals surface area contributed by atoms with Gasteiger partial charge in [-0.05, 0) is 62.3 Å². The maximum atomic E-state index is 13.1. The summed E-state index contributed by atoms with van der Waals surface area (Å²) < 4.78 is 13.1. The van der Waals surface area contributed by atoms with Crippen LogP contribution in [0.3, 0.4) is 0 Å². The summed E-state index contributed by atoms with van der Waals surface area (Å²) in [6, 6.07) is 8.75. The first kappa shape index (κ1) is 13.1. The van der Waals surface area contributed by atoms with Crippen LogP contribution in [0.1, 0.15) is 50.5 Å². The SMILES string of the molecule is CCC[C@H]1[C@@H](c2ccc(F)cc2)C[C@@H]2CC[C@H]1N2C. The van der Waals surface area contributed by atoms with Crippen molar-refractivity contribution < 1.29 is 4.39 Å². The minimum absolute atomic E-state index is 0.119. The molecule has 2 bridgehead atoms. The Kier molecular flexibility index (Phi) is 3.62. The van der Waals surface area contributed by atoms with Crippen LogP contribution in [0, 0.1) is 11.7 Å². The molecule has 0 amide bonds. The quantitative estimate of drug-likeness (QED) is 0.788. The number of piperidine rings is 1. The van der Waals surface area contributed by atoms with Crippen LogP contribution in [-0.2, 0) is 0 Å². The highest BCUT2D eigenvalue weighted by Gasteiger charge is 2.45. The molecule has 1 aromatic carbocycles. The molecule has 2 fully saturated rings. The second kappa shape index (κ2) is 5.24. The van der Waals surface area contributed by atoms with E-state index >= 15 is 0 Å². The van der Waals surface area contributed by atoms with Gasteiger partial charge >= 0.3 is 0 Å². The number of nitrogens with zero attached hydrogens (tertiary/aromatic N) is 1. The molecule has 0 spiro atoms. The molecule has 1 aromatic rings. The largest absolute Gasteiger partial charge is 0.300 e. The molecule has 0 N–H and O–H groups in total. The Morgan fingerprint density at radius 2 is 1.95 bits per heavy atom. The predicted octanol–water partition coefficient (Wildman–Crippen LogP) is 4.19. The molecule has 0 saturated carbocycles. The molecule has 0 radical (unpaired) electrons. The maximum absolute atomic E-state index is 13.1. The van der Waals surface area contributed by atoms with E-state index in [2.05, 4.69) is 18.9 Å². The monoisotopic (exact) mass is 261 g/mol. The summed E-state index contributed by atoms with van der Waals surface area (Å²) in [5.41, 5.74) is 1.35. The highest BCUT2D eigenvalue weighted by Crippen LogP contribution is 2.47. The molecule has 2 aliphatic heterocycles. The van der Waals surface area contributed by atoms with E-state index in [-0.39, 0.29) is 5.82 Å². The van der Waals surface area contributed by atoms with Gasteiger partial charge in [-0.3, -0.25) is 0 Å². The molecule has 104 valence electrons. The van der Waals surface area contributed by atoms with Crippen molar-refractivity contribution in [3.8, 4) is 0 Å². The van der Waals surface area contributed by atoms with Gasteiger partial charge in [0.1, 0.15) is 5.82 Å². The third-order valence-corrected chi connectivity index (χ3v) is 5.35. The molecule has 19 heavy (non-hydrogen) atoms. The lowest BCUT2D eigenvalue weighted by Gasteiger charge is -2.43. The summed E-state index contributed by atoms with van der Waals surface area (Å²) in [5.74, 6) is 1.26. The van der Waals surface area contributed by atoms with E-state index in [1.165, 1.54) is 37.7 Å². The summed E-state index contributed by atoms with van der Waals surface area (Å²) in [6.07, 6.45) is 6.49. The minimum atomic E-state index is -0.119.